The van der Waals surface area contributed by atoms with Gasteiger partial charge in [-0.3, -0.25) is 10.1 Å². The predicted molar refractivity (Wildman–Crippen MR) is 126 cm³/mol. The number of aromatic nitrogens is 1. The predicted octanol–water partition coefficient (Wildman–Crippen LogP) is 5.03. The van der Waals surface area contributed by atoms with Crippen LogP contribution in [0.25, 0.3) is 20.8 Å². The van der Waals surface area contributed by atoms with Crippen LogP contribution in [0.5, 0.6) is 0 Å². The summed E-state index contributed by atoms with van der Waals surface area (Å²) < 4.78 is 1.98. The van der Waals surface area contributed by atoms with Gasteiger partial charge in [0.1, 0.15) is 5.01 Å². The van der Waals surface area contributed by atoms with Crippen LogP contribution in [-0.4, -0.2) is 21.5 Å². The summed E-state index contributed by atoms with van der Waals surface area (Å²) in [6, 6.07) is 23.0. The summed E-state index contributed by atoms with van der Waals surface area (Å²) in [7, 11) is 0. The SMILES string of the molecule is O.O=C(NC(=S)Nc1cccc(-c2nc3ccccc3s2)c1)c1cccc(Br)c1. The van der Waals surface area contributed by atoms with E-state index in [9.17, 15) is 4.79 Å². The molecule has 0 bridgehead atoms. The van der Waals surface area contributed by atoms with E-state index in [0.29, 0.717) is 5.56 Å². The van der Waals surface area contributed by atoms with Crippen LogP contribution < -0.4 is 10.6 Å². The van der Waals surface area contributed by atoms with Crippen LogP contribution in [0, 0.1) is 0 Å². The number of hydrogen-bond donors (Lipinski definition) is 2. The molecule has 0 radical (unpaired) electrons. The number of thiazole rings is 1. The van der Waals surface area contributed by atoms with Crippen molar-refractivity contribution in [3.8, 4) is 10.6 Å². The highest BCUT2D eigenvalue weighted by Crippen LogP contribution is 2.31. The number of carbonyl (C=O) groups is 1. The van der Waals surface area contributed by atoms with Gasteiger partial charge in [0.05, 0.1) is 10.2 Å². The monoisotopic (exact) mass is 485 g/mol. The second kappa shape index (κ2) is 9.23. The van der Waals surface area contributed by atoms with Gasteiger partial charge in [-0.25, -0.2) is 4.98 Å². The van der Waals surface area contributed by atoms with E-state index in [2.05, 4.69) is 37.6 Å². The molecule has 146 valence electrons. The van der Waals surface area contributed by atoms with E-state index in [0.717, 1.165) is 30.9 Å². The van der Waals surface area contributed by atoms with Crippen LogP contribution in [0.15, 0.2) is 77.3 Å². The van der Waals surface area contributed by atoms with Crippen LogP contribution in [0.3, 0.4) is 0 Å². The van der Waals surface area contributed by atoms with Crippen LogP contribution in [0.2, 0.25) is 0 Å². The lowest BCUT2D eigenvalue weighted by Gasteiger charge is -2.10. The zero-order chi connectivity index (χ0) is 19.5. The van der Waals surface area contributed by atoms with Crippen LogP contribution >= 0.6 is 39.5 Å². The maximum atomic E-state index is 12.3. The number of benzene rings is 3. The maximum absolute atomic E-state index is 12.3. The third kappa shape index (κ3) is 5.04. The first kappa shape index (κ1) is 21.1. The Morgan fingerprint density at radius 1 is 1.00 bits per heavy atom. The molecule has 8 heteroatoms. The van der Waals surface area contributed by atoms with Crippen LogP contribution in [0.4, 0.5) is 5.69 Å². The number of nitrogens with one attached hydrogen (secondary N) is 2. The number of hydrogen-bond acceptors (Lipinski definition) is 4. The lowest BCUT2D eigenvalue weighted by atomic mass is 10.2. The fourth-order valence-corrected chi connectivity index (χ4v) is 4.26. The number of anilines is 1. The first-order chi connectivity index (χ1) is 13.6. The Balaban J connectivity index is 0.00000240. The summed E-state index contributed by atoms with van der Waals surface area (Å²) in [5.74, 6) is -0.263. The zero-order valence-electron chi connectivity index (χ0n) is 15.0. The van der Waals surface area contributed by atoms with E-state index < -0.39 is 0 Å². The number of amides is 1. The molecule has 0 saturated heterocycles. The smallest absolute Gasteiger partial charge is 0.257 e. The molecule has 0 aliphatic carbocycles. The average Bonchev–Trinajstić information content (AvgIpc) is 3.12. The Morgan fingerprint density at radius 2 is 1.79 bits per heavy atom. The molecular formula is C21H16BrN3O2S2. The van der Waals surface area contributed by atoms with Crippen LogP contribution in [0.1, 0.15) is 10.4 Å². The van der Waals surface area contributed by atoms with E-state index >= 15 is 0 Å². The molecule has 1 heterocycles. The van der Waals surface area contributed by atoms with Crippen molar-refractivity contribution < 1.29 is 10.3 Å². The van der Waals surface area contributed by atoms with Crippen molar-refractivity contribution in [2.45, 2.75) is 0 Å². The van der Waals surface area contributed by atoms with Crippen molar-refractivity contribution in [3.63, 3.8) is 0 Å². The standard InChI is InChI=1S/C21H14BrN3OS2.H2O/c22-15-7-3-5-13(11-15)19(26)25-21(27)23-16-8-4-6-14(12-16)20-24-17-9-1-2-10-18(17)28-20;/h1-12H,(H2,23,25,26,27);1H2. The summed E-state index contributed by atoms with van der Waals surface area (Å²) in [5, 5.41) is 6.95. The van der Waals surface area contributed by atoms with Gasteiger partial charge in [0.25, 0.3) is 5.91 Å². The number of thiocarbonyl (C=S) groups is 1. The van der Waals surface area contributed by atoms with E-state index in [1.54, 1.807) is 29.5 Å². The molecule has 5 nitrogen and oxygen atoms in total. The highest BCUT2D eigenvalue weighted by Gasteiger charge is 2.10. The van der Waals surface area contributed by atoms with Gasteiger partial charge in [0, 0.05) is 21.3 Å². The Morgan fingerprint density at radius 3 is 2.59 bits per heavy atom. The quantitative estimate of drug-likeness (QED) is 0.398. The first-order valence-electron chi connectivity index (χ1n) is 8.42. The molecular weight excluding hydrogens is 470 g/mol. The minimum absolute atomic E-state index is 0. The molecule has 0 spiro atoms. The molecule has 0 saturated carbocycles. The third-order valence-corrected chi connectivity index (χ3v) is 5.76. The van der Waals surface area contributed by atoms with Gasteiger partial charge < -0.3 is 10.8 Å². The van der Waals surface area contributed by atoms with Gasteiger partial charge in [-0.05, 0) is 54.7 Å². The minimum Gasteiger partial charge on any atom is -0.412 e. The number of fused-ring (bicyclic) bond motifs is 1. The molecule has 0 unspecified atom stereocenters. The summed E-state index contributed by atoms with van der Waals surface area (Å²) in [6.45, 7) is 0. The van der Waals surface area contributed by atoms with Gasteiger partial charge in [0.15, 0.2) is 5.11 Å². The lowest BCUT2D eigenvalue weighted by molar-refractivity contribution is 0.0977. The fraction of sp³-hybridized carbons (Fsp3) is 0. The molecule has 0 aliphatic rings. The van der Waals surface area contributed by atoms with Crippen molar-refractivity contribution in [3.05, 3.63) is 82.8 Å². The number of nitrogens with zero attached hydrogens (tertiary/aromatic N) is 1. The van der Waals surface area contributed by atoms with E-state index in [1.807, 2.05) is 48.5 Å². The number of rotatable bonds is 3. The van der Waals surface area contributed by atoms with E-state index in [-0.39, 0.29) is 16.5 Å². The Bertz CT molecular complexity index is 1160. The Hall–Kier alpha value is -2.65. The second-order valence-corrected chi connectivity index (χ2v) is 8.34. The molecule has 0 fully saturated rings. The Labute approximate surface area is 185 Å². The highest BCUT2D eigenvalue weighted by atomic mass is 79.9. The number of carbonyl (C=O) groups excluding carboxylic acids is 1. The van der Waals surface area contributed by atoms with Gasteiger partial charge in [-0.15, -0.1) is 11.3 Å². The molecule has 4 N–H and O–H groups in total. The summed E-state index contributed by atoms with van der Waals surface area (Å²) in [4.78, 5) is 17.0. The molecule has 1 aromatic heterocycles. The largest absolute Gasteiger partial charge is 0.412 e. The highest BCUT2D eigenvalue weighted by molar-refractivity contribution is 9.10. The molecule has 1 amide bonds. The third-order valence-electron chi connectivity index (χ3n) is 3.98. The number of halogens is 1. The van der Waals surface area contributed by atoms with Gasteiger partial charge >= 0.3 is 0 Å². The van der Waals surface area contributed by atoms with Crippen LogP contribution in [-0.2, 0) is 0 Å². The normalized spacial score (nSPS) is 10.2. The van der Waals surface area contributed by atoms with Gasteiger partial charge in [-0.2, -0.15) is 0 Å². The summed E-state index contributed by atoms with van der Waals surface area (Å²) in [6.07, 6.45) is 0. The average molecular weight is 486 g/mol. The Kier molecular flexibility index (Phi) is 6.71. The topological polar surface area (TPSA) is 85.5 Å². The second-order valence-electron chi connectivity index (χ2n) is 5.99. The lowest BCUT2D eigenvalue weighted by Crippen LogP contribution is -2.34. The fourth-order valence-electron chi connectivity index (χ4n) is 2.69. The molecule has 3 aromatic carbocycles. The summed E-state index contributed by atoms with van der Waals surface area (Å²) in [5.41, 5.74) is 3.29. The maximum Gasteiger partial charge on any atom is 0.257 e. The van der Waals surface area contributed by atoms with Gasteiger partial charge in [0.2, 0.25) is 0 Å². The van der Waals surface area contributed by atoms with E-state index in [1.165, 1.54) is 0 Å². The molecule has 29 heavy (non-hydrogen) atoms. The minimum atomic E-state index is -0.263. The van der Waals surface area contributed by atoms with E-state index in [4.69, 9.17) is 12.2 Å². The zero-order valence-corrected chi connectivity index (χ0v) is 18.2. The van der Waals surface area contributed by atoms with Crippen molar-refractivity contribution in [2.75, 3.05) is 5.32 Å². The molecule has 0 aliphatic heterocycles. The first-order valence-corrected chi connectivity index (χ1v) is 10.4. The van der Waals surface area contributed by atoms with Crippen molar-refractivity contribution >= 4 is 66.4 Å². The molecule has 0 atom stereocenters. The number of para-hydroxylation sites is 1. The molecule has 4 rings (SSSR count). The summed E-state index contributed by atoms with van der Waals surface area (Å²) >= 11 is 10.3. The molecule has 4 aromatic rings. The van der Waals surface area contributed by atoms with Gasteiger partial charge in [-0.1, -0.05) is 46.3 Å². The van der Waals surface area contributed by atoms with Crippen molar-refractivity contribution in [1.82, 2.24) is 10.3 Å². The van der Waals surface area contributed by atoms with Crippen molar-refractivity contribution in [2.24, 2.45) is 0 Å². The van der Waals surface area contributed by atoms with Crippen molar-refractivity contribution in [1.29, 1.82) is 0 Å².